The van der Waals surface area contributed by atoms with Crippen LogP contribution >= 0.6 is 11.6 Å². The Morgan fingerprint density at radius 2 is 1.95 bits per heavy atom. The van der Waals surface area contributed by atoms with Crippen molar-refractivity contribution in [3.05, 3.63) is 52.8 Å². The van der Waals surface area contributed by atoms with Crippen LogP contribution in [0.1, 0.15) is 11.1 Å². The van der Waals surface area contributed by atoms with Crippen LogP contribution in [-0.4, -0.2) is 4.98 Å². The molecule has 3 nitrogen and oxygen atoms in total. The van der Waals surface area contributed by atoms with E-state index in [1.165, 1.54) is 18.3 Å². The second-order valence-corrected chi connectivity index (χ2v) is 4.25. The van der Waals surface area contributed by atoms with E-state index in [1.807, 2.05) is 0 Å². The van der Waals surface area contributed by atoms with Gasteiger partial charge in [-0.05, 0) is 30.3 Å². The van der Waals surface area contributed by atoms with Gasteiger partial charge in [0.15, 0.2) is 0 Å². The van der Waals surface area contributed by atoms with Crippen molar-refractivity contribution in [3.8, 4) is 6.07 Å². The molecule has 2 rings (SSSR count). The normalized spacial score (nSPS) is 10.9. The number of hydrogen-bond acceptors (Lipinski definition) is 3. The Hall–Kier alpha value is -2.26. The minimum atomic E-state index is -4.48. The second kappa shape index (κ2) is 5.39. The first kappa shape index (κ1) is 14.2. The lowest BCUT2D eigenvalue weighted by atomic mass is 10.1. The summed E-state index contributed by atoms with van der Waals surface area (Å²) in [7, 11) is 0. The predicted octanol–water partition coefficient (Wildman–Crippen LogP) is 4.37. The highest BCUT2D eigenvalue weighted by Gasteiger charge is 2.31. The fourth-order valence-corrected chi connectivity index (χ4v) is 1.73. The molecule has 0 fully saturated rings. The summed E-state index contributed by atoms with van der Waals surface area (Å²) in [5.74, 6) is 0. The highest BCUT2D eigenvalue weighted by Crippen LogP contribution is 2.32. The molecule has 1 N–H and O–H groups in total. The van der Waals surface area contributed by atoms with Crippen molar-refractivity contribution in [2.75, 3.05) is 5.32 Å². The van der Waals surface area contributed by atoms with Gasteiger partial charge in [-0.25, -0.2) is 4.98 Å². The zero-order valence-corrected chi connectivity index (χ0v) is 10.6. The van der Waals surface area contributed by atoms with Crippen LogP contribution < -0.4 is 5.32 Å². The number of alkyl halides is 3. The van der Waals surface area contributed by atoms with Crippen LogP contribution in [0.3, 0.4) is 0 Å². The molecular formula is C13H7ClF3N3. The molecule has 0 aliphatic rings. The molecule has 0 bridgehead atoms. The fraction of sp³-hybridized carbons (Fsp3) is 0.0769. The molecular weight excluding hydrogens is 291 g/mol. The van der Waals surface area contributed by atoms with Gasteiger partial charge in [-0.3, -0.25) is 0 Å². The fourth-order valence-electron chi connectivity index (χ4n) is 1.56. The van der Waals surface area contributed by atoms with E-state index in [9.17, 15) is 13.2 Å². The second-order valence-electron chi connectivity index (χ2n) is 3.86. The molecule has 0 aliphatic heterocycles. The maximum absolute atomic E-state index is 12.6. The maximum Gasteiger partial charge on any atom is 0.416 e. The highest BCUT2D eigenvalue weighted by atomic mass is 35.5. The Bertz CT molecular complexity index is 677. The van der Waals surface area contributed by atoms with Crippen LogP contribution in [0.2, 0.25) is 5.15 Å². The van der Waals surface area contributed by atoms with Crippen molar-refractivity contribution in [1.29, 1.82) is 5.26 Å². The molecule has 20 heavy (non-hydrogen) atoms. The third-order valence-electron chi connectivity index (χ3n) is 2.47. The van der Waals surface area contributed by atoms with Gasteiger partial charge in [-0.1, -0.05) is 11.6 Å². The number of aromatic nitrogens is 1. The number of nitrogens with zero attached hydrogens (tertiary/aromatic N) is 2. The number of hydrogen-bond donors (Lipinski definition) is 1. The third-order valence-corrected chi connectivity index (χ3v) is 2.68. The van der Waals surface area contributed by atoms with E-state index in [1.54, 1.807) is 12.1 Å². The molecule has 0 spiro atoms. The van der Waals surface area contributed by atoms with Crippen LogP contribution in [0.5, 0.6) is 0 Å². The number of benzene rings is 1. The molecule has 1 aromatic heterocycles. The smallest absolute Gasteiger partial charge is 0.354 e. The van der Waals surface area contributed by atoms with E-state index < -0.39 is 11.7 Å². The maximum atomic E-state index is 12.6. The third kappa shape index (κ3) is 3.19. The van der Waals surface area contributed by atoms with Crippen molar-refractivity contribution >= 4 is 23.0 Å². The Balaban J connectivity index is 2.36. The highest BCUT2D eigenvalue weighted by molar-refractivity contribution is 6.29. The number of nitrogens with one attached hydrogen (secondary N) is 1. The molecule has 1 aromatic carbocycles. The van der Waals surface area contributed by atoms with Crippen molar-refractivity contribution in [2.45, 2.75) is 6.18 Å². The summed E-state index contributed by atoms with van der Waals surface area (Å²) in [6, 6.07) is 7.73. The predicted molar refractivity (Wildman–Crippen MR) is 68.7 cm³/mol. The Labute approximate surface area is 117 Å². The summed E-state index contributed by atoms with van der Waals surface area (Å²) in [4.78, 5) is 3.78. The molecule has 0 amide bonds. The van der Waals surface area contributed by atoms with Gasteiger partial charge in [0.1, 0.15) is 11.2 Å². The van der Waals surface area contributed by atoms with E-state index in [2.05, 4.69) is 10.3 Å². The zero-order chi connectivity index (χ0) is 14.8. The Kier molecular flexibility index (Phi) is 3.81. The molecule has 0 unspecified atom stereocenters. The lowest BCUT2D eigenvalue weighted by molar-refractivity contribution is -0.137. The Morgan fingerprint density at radius 3 is 2.55 bits per heavy atom. The molecule has 0 aliphatic carbocycles. The lowest BCUT2D eigenvalue weighted by Crippen LogP contribution is -2.06. The molecule has 0 saturated heterocycles. The lowest BCUT2D eigenvalue weighted by Gasteiger charge is -2.11. The van der Waals surface area contributed by atoms with Crippen molar-refractivity contribution in [2.24, 2.45) is 0 Å². The van der Waals surface area contributed by atoms with Gasteiger partial charge >= 0.3 is 6.18 Å². The van der Waals surface area contributed by atoms with E-state index in [0.29, 0.717) is 5.69 Å². The van der Waals surface area contributed by atoms with Gasteiger partial charge in [0, 0.05) is 11.9 Å². The summed E-state index contributed by atoms with van der Waals surface area (Å²) in [5, 5.41) is 12.0. The van der Waals surface area contributed by atoms with Crippen LogP contribution in [0.4, 0.5) is 24.5 Å². The monoisotopic (exact) mass is 297 g/mol. The average Bonchev–Trinajstić information content (AvgIpc) is 2.38. The number of rotatable bonds is 2. The summed E-state index contributed by atoms with van der Waals surface area (Å²) < 4.78 is 37.7. The largest absolute Gasteiger partial charge is 0.416 e. The summed E-state index contributed by atoms with van der Waals surface area (Å²) >= 11 is 5.70. The van der Waals surface area contributed by atoms with Crippen LogP contribution in [0.15, 0.2) is 36.5 Å². The number of nitriles is 1. The molecule has 0 atom stereocenters. The topological polar surface area (TPSA) is 48.7 Å². The molecule has 102 valence electrons. The summed E-state index contributed by atoms with van der Waals surface area (Å²) in [6.45, 7) is 0. The van der Waals surface area contributed by atoms with Crippen molar-refractivity contribution in [1.82, 2.24) is 4.98 Å². The molecule has 2 aromatic rings. The van der Waals surface area contributed by atoms with Gasteiger partial charge in [-0.15, -0.1) is 0 Å². The van der Waals surface area contributed by atoms with Crippen LogP contribution in [0, 0.1) is 11.3 Å². The first-order chi connectivity index (χ1) is 9.40. The van der Waals surface area contributed by atoms with Crippen molar-refractivity contribution < 1.29 is 13.2 Å². The summed E-state index contributed by atoms with van der Waals surface area (Å²) in [6.07, 6.45) is -3.04. The SMILES string of the molecule is N#Cc1cc(C(F)(F)F)ccc1Nc1ccnc(Cl)c1. The van der Waals surface area contributed by atoms with Crippen LogP contribution in [-0.2, 0) is 6.18 Å². The van der Waals surface area contributed by atoms with E-state index >= 15 is 0 Å². The molecule has 0 saturated carbocycles. The molecule has 7 heteroatoms. The van der Waals surface area contributed by atoms with E-state index in [4.69, 9.17) is 16.9 Å². The zero-order valence-electron chi connectivity index (χ0n) is 9.87. The van der Waals surface area contributed by atoms with Gasteiger partial charge < -0.3 is 5.32 Å². The average molecular weight is 298 g/mol. The van der Waals surface area contributed by atoms with Gasteiger partial charge in [0.05, 0.1) is 16.8 Å². The van der Waals surface area contributed by atoms with Gasteiger partial charge in [0.25, 0.3) is 0 Å². The van der Waals surface area contributed by atoms with Gasteiger partial charge in [-0.2, -0.15) is 18.4 Å². The summed E-state index contributed by atoms with van der Waals surface area (Å²) in [5.41, 5.74) is -0.177. The first-order valence-corrected chi connectivity index (χ1v) is 5.78. The first-order valence-electron chi connectivity index (χ1n) is 5.40. The standard InChI is InChI=1S/C13H7ClF3N3/c14-12-6-10(3-4-19-12)20-11-2-1-9(13(15,16)17)5-8(11)7-18/h1-6H,(H,19,20). The van der Waals surface area contributed by atoms with Gasteiger partial charge in [0.2, 0.25) is 0 Å². The minimum Gasteiger partial charge on any atom is -0.354 e. The number of anilines is 2. The Morgan fingerprint density at radius 1 is 1.20 bits per heavy atom. The van der Waals surface area contributed by atoms with E-state index in [-0.39, 0.29) is 16.4 Å². The quantitative estimate of drug-likeness (QED) is 0.837. The minimum absolute atomic E-state index is 0.104. The van der Waals surface area contributed by atoms with Crippen LogP contribution in [0.25, 0.3) is 0 Å². The van der Waals surface area contributed by atoms with E-state index in [0.717, 1.165) is 12.1 Å². The number of halogens is 4. The molecule has 0 radical (unpaired) electrons. The van der Waals surface area contributed by atoms with Crippen molar-refractivity contribution in [3.63, 3.8) is 0 Å². The molecule has 1 heterocycles. The number of pyridine rings is 1.